The van der Waals surface area contributed by atoms with E-state index < -0.39 is 97.5 Å². The van der Waals surface area contributed by atoms with Crippen LogP contribution >= 0.6 is 15.6 Å². The summed E-state index contributed by atoms with van der Waals surface area (Å²) in [7, 11) is -9.92. The fourth-order valence-electron chi connectivity index (χ4n) is 12.8. The normalized spacial score (nSPS) is 14.2. The van der Waals surface area contributed by atoms with E-state index >= 15 is 0 Å². The van der Waals surface area contributed by atoms with Crippen molar-refractivity contribution >= 4 is 39.5 Å². The maximum Gasteiger partial charge on any atom is 0.472 e. The molecule has 0 saturated heterocycles. The van der Waals surface area contributed by atoms with E-state index in [4.69, 9.17) is 37.0 Å². The Labute approximate surface area is 626 Å². The Hall–Kier alpha value is -1.94. The Morgan fingerprint density at radius 2 is 0.500 bits per heavy atom. The van der Waals surface area contributed by atoms with Gasteiger partial charge in [0.15, 0.2) is 12.2 Å². The summed E-state index contributed by atoms with van der Waals surface area (Å²) in [6, 6.07) is 0. The van der Waals surface area contributed by atoms with Crippen LogP contribution in [0.25, 0.3) is 0 Å². The summed E-state index contributed by atoms with van der Waals surface area (Å²) < 4.78 is 68.8. The van der Waals surface area contributed by atoms with Crippen LogP contribution in [-0.4, -0.2) is 96.7 Å². The zero-order chi connectivity index (χ0) is 75.1. The van der Waals surface area contributed by atoms with Gasteiger partial charge >= 0.3 is 39.5 Å². The SMILES string of the molecule is CCCCCCCCCCCCCCCCCCCCCCC(=O)O[C@H](COC(=O)CCCCCCCCCCCCCCCCC(C)CC)COP(=O)(O)OC[C@@H](O)COP(=O)(O)OC[C@@H](COC(=O)CCCCCCCCC(C)C)OC(=O)CCCCCCCCCCCCCCC(C)C. The van der Waals surface area contributed by atoms with Crippen molar-refractivity contribution < 1.29 is 80.2 Å². The highest BCUT2D eigenvalue weighted by Gasteiger charge is 2.30. The summed E-state index contributed by atoms with van der Waals surface area (Å²) in [4.78, 5) is 73.1. The molecular formula is C83H162O17P2. The summed E-state index contributed by atoms with van der Waals surface area (Å²) in [5.41, 5.74) is 0. The number of phosphoric acid groups is 2. The monoisotopic (exact) mass is 1490 g/mol. The average molecular weight is 1490 g/mol. The van der Waals surface area contributed by atoms with Crippen LogP contribution in [0, 0.1) is 17.8 Å². The minimum absolute atomic E-state index is 0.106. The first-order chi connectivity index (χ1) is 49.3. The molecule has 0 saturated carbocycles. The van der Waals surface area contributed by atoms with Crippen LogP contribution in [0.1, 0.15) is 434 Å². The zero-order valence-electron chi connectivity index (χ0n) is 67.1. The van der Waals surface area contributed by atoms with Gasteiger partial charge in [0.25, 0.3) is 0 Å². The van der Waals surface area contributed by atoms with Gasteiger partial charge in [-0.25, -0.2) is 9.13 Å². The third-order valence-electron chi connectivity index (χ3n) is 19.7. The molecule has 0 aromatic rings. The number of hydrogen-bond donors (Lipinski definition) is 3. The molecule has 3 unspecified atom stereocenters. The molecule has 19 heteroatoms. The van der Waals surface area contributed by atoms with E-state index in [2.05, 4.69) is 48.5 Å². The lowest BCUT2D eigenvalue weighted by Gasteiger charge is -2.21. The second kappa shape index (κ2) is 73.2. The number of hydrogen-bond acceptors (Lipinski definition) is 15. The number of ether oxygens (including phenoxy) is 4. The molecule has 3 N–H and O–H groups in total. The Morgan fingerprint density at radius 1 is 0.284 bits per heavy atom. The first kappa shape index (κ1) is 100. The van der Waals surface area contributed by atoms with Crippen LogP contribution in [0.3, 0.4) is 0 Å². The summed E-state index contributed by atoms with van der Waals surface area (Å²) in [5.74, 6) is 0.195. The smallest absolute Gasteiger partial charge is 0.462 e. The van der Waals surface area contributed by atoms with Gasteiger partial charge in [-0.1, -0.05) is 382 Å². The van der Waals surface area contributed by atoms with Crippen molar-refractivity contribution in [2.45, 2.75) is 452 Å². The van der Waals surface area contributed by atoms with E-state index in [9.17, 15) is 43.2 Å². The van der Waals surface area contributed by atoms with Gasteiger partial charge in [0.2, 0.25) is 0 Å². The predicted octanol–water partition coefficient (Wildman–Crippen LogP) is 24.9. The summed E-state index contributed by atoms with van der Waals surface area (Å²) in [6.07, 6.45) is 62.6. The van der Waals surface area contributed by atoms with Gasteiger partial charge in [-0.2, -0.15) is 0 Å². The van der Waals surface area contributed by atoms with Crippen molar-refractivity contribution in [3.8, 4) is 0 Å². The highest BCUT2D eigenvalue weighted by molar-refractivity contribution is 7.47. The maximum absolute atomic E-state index is 13.1. The molecule has 0 aromatic carbocycles. The molecule has 0 aliphatic rings. The van der Waals surface area contributed by atoms with E-state index in [1.807, 2.05) is 0 Å². The van der Waals surface area contributed by atoms with Gasteiger partial charge in [-0.3, -0.25) is 37.3 Å². The standard InChI is InChI=1S/C83H162O17P2/c1-8-10-11-12-13-14-15-16-17-18-19-20-21-22-27-33-38-43-52-59-66-82(87)99-78(70-93-80(85)64-57-50-42-37-32-26-24-23-25-31-36-41-49-56-63-76(7)9-2)72-97-101(89,90)95-68-77(84)69-96-102(91,92)98-73-79(71-94-81(86)65-58-51-46-45-48-55-62-75(5)6)100-83(88)67-60-53-44-39-34-29-28-30-35-40-47-54-61-74(3)4/h74-79,84H,8-73H2,1-7H3,(H,89,90)(H,91,92)/t76?,77-,78-,79-/m1/s1. The number of rotatable bonds is 81. The van der Waals surface area contributed by atoms with Gasteiger partial charge in [0, 0.05) is 25.7 Å². The van der Waals surface area contributed by atoms with Gasteiger partial charge < -0.3 is 33.8 Å². The third kappa shape index (κ3) is 74.9. The Kier molecular flexibility index (Phi) is 71.8. The third-order valence-corrected chi connectivity index (χ3v) is 21.6. The van der Waals surface area contributed by atoms with Crippen molar-refractivity contribution in [3.63, 3.8) is 0 Å². The molecular weight excluding hydrogens is 1330 g/mol. The Balaban J connectivity index is 5.22. The van der Waals surface area contributed by atoms with E-state index in [1.54, 1.807) is 0 Å². The lowest BCUT2D eigenvalue weighted by molar-refractivity contribution is -0.161. The van der Waals surface area contributed by atoms with Crippen LogP contribution < -0.4 is 0 Å². The fourth-order valence-corrected chi connectivity index (χ4v) is 14.4. The van der Waals surface area contributed by atoms with Crippen molar-refractivity contribution in [1.82, 2.24) is 0 Å². The topological polar surface area (TPSA) is 237 Å². The van der Waals surface area contributed by atoms with Crippen LogP contribution in [-0.2, 0) is 65.4 Å². The summed E-state index contributed by atoms with van der Waals surface area (Å²) in [5, 5.41) is 10.6. The van der Waals surface area contributed by atoms with Crippen molar-refractivity contribution in [2.24, 2.45) is 17.8 Å². The predicted molar refractivity (Wildman–Crippen MR) is 418 cm³/mol. The van der Waals surface area contributed by atoms with Crippen LogP contribution in [0.4, 0.5) is 0 Å². The van der Waals surface area contributed by atoms with Crippen molar-refractivity contribution in [2.75, 3.05) is 39.6 Å². The molecule has 0 amide bonds. The van der Waals surface area contributed by atoms with Gasteiger partial charge in [-0.15, -0.1) is 0 Å². The molecule has 102 heavy (non-hydrogen) atoms. The highest BCUT2D eigenvalue weighted by Crippen LogP contribution is 2.45. The first-order valence-electron chi connectivity index (χ1n) is 42.9. The Morgan fingerprint density at radius 3 is 0.745 bits per heavy atom. The van der Waals surface area contributed by atoms with Gasteiger partial charge in [0.1, 0.15) is 19.3 Å². The lowest BCUT2D eigenvalue weighted by atomic mass is 9.99. The molecule has 606 valence electrons. The van der Waals surface area contributed by atoms with E-state index in [-0.39, 0.29) is 25.7 Å². The second-order valence-electron chi connectivity index (χ2n) is 31.1. The molecule has 17 nitrogen and oxygen atoms in total. The molecule has 0 radical (unpaired) electrons. The number of aliphatic hydroxyl groups excluding tert-OH is 1. The molecule has 0 aliphatic heterocycles. The lowest BCUT2D eigenvalue weighted by Crippen LogP contribution is -2.30. The van der Waals surface area contributed by atoms with Crippen LogP contribution in [0.2, 0.25) is 0 Å². The molecule has 0 aromatic heterocycles. The minimum Gasteiger partial charge on any atom is -0.462 e. The number of esters is 4. The quantitative estimate of drug-likeness (QED) is 0.0222. The number of carbonyl (C=O) groups excluding carboxylic acids is 4. The fraction of sp³-hybridized carbons (Fsp3) is 0.952. The Bertz CT molecular complexity index is 1980. The molecule has 0 fully saturated rings. The summed E-state index contributed by atoms with van der Waals surface area (Å²) in [6.45, 7) is 11.9. The number of carbonyl (C=O) groups is 4. The van der Waals surface area contributed by atoms with E-state index in [0.717, 1.165) is 108 Å². The largest absolute Gasteiger partial charge is 0.472 e. The minimum atomic E-state index is -4.96. The van der Waals surface area contributed by atoms with Gasteiger partial charge in [-0.05, 0) is 43.4 Å². The number of phosphoric ester groups is 2. The first-order valence-corrected chi connectivity index (χ1v) is 45.9. The average Bonchev–Trinajstić information content (AvgIpc) is 0.959. The van der Waals surface area contributed by atoms with E-state index in [0.29, 0.717) is 31.6 Å². The van der Waals surface area contributed by atoms with Crippen LogP contribution in [0.15, 0.2) is 0 Å². The van der Waals surface area contributed by atoms with E-state index in [1.165, 1.54) is 238 Å². The molecule has 6 atom stereocenters. The molecule has 0 heterocycles. The number of aliphatic hydroxyl groups is 1. The zero-order valence-corrected chi connectivity index (χ0v) is 68.9. The van der Waals surface area contributed by atoms with Crippen LogP contribution in [0.5, 0.6) is 0 Å². The molecule has 0 aliphatic carbocycles. The number of unbranched alkanes of at least 4 members (excludes halogenated alkanes) is 48. The molecule has 0 rings (SSSR count). The van der Waals surface area contributed by atoms with Gasteiger partial charge in [0.05, 0.1) is 26.4 Å². The summed E-state index contributed by atoms with van der Waals surface area (Å²) >= 11 is 0. The molecule has 0 bridgehead atoms. The highest BCUT2D eigenvalue weighted by atomic mass is 31.2. The maximum atomic E-state index is 13.1. The second-order valence-corrected chi connectivity index (χ2v) is 34.0. The van der Waals surface area contributed by atoms with Crippen molar-refractivity contribution in [1.29, 1.82) is 0 Å². The van der Waals surface area contributed by atoms with Crippen molar-refractivity contribution in [3.05, 3.63) is 0 Å². The molecule has 0 spiro atoms.